The van der Waals surface area contributed by atoms with Gasteiger partial charge in [0.25, 0.3) is 0 Å². The lowest BCUT2D eigenvalue weighted by Gasteiger charge is -1.98. The van der Waals surface area contributed by atoms with E-state index in [0.29, 0.717) is 6.42 Å². The molecule has 0 unspecified atom stereocenters. The first-order valence-corrected chi connectivity index (χ1v) is 6.69. The van der Waals surface area contributed by atoms with Crippen molar-refractivity contribution < 1.29 is 4.79 Å². The van der Waals surface area contributed by atoms with E-state index in [1.807, 2.05) is 30.5 Å². The number of para-hydroxylation sites is 1. The molecule has 0 aliphatic carbocycles. The molecule has 1 amide bonds. The van der Waals surface area contributed by atoms with Gasteiger partial charge in [-0.3, -0.25) is 4.79 Å². The number of amides is 1. The molecule has 1 aromatic carbocycles. The van der Waals surface area contributed by atoms with Gasteiger partial charge in [0.2, 0.25) is 5.91 Å². The summed E-state index contributed by atoms with van der Waals surface area (Å²) in [6.07, 6.45) is 7.23. The number of hydrazone groups is 1. The third-order valence-electron chi connectivity index (χ3n) is 3.02. The van der Waals surface area contributed by atoms with Crippen molar-refractivity contribution >= 4 is 23.0 Å². The van der Waals surface area contributed by atoms with Gasteiger partial charge in [0.05, 0.1) is 6.21 Å². The largest absolute Gasteiger partial charge is 0.361 e. The smallest absolute Gasteiger partial charge is 0.240 e. The zero-order valence-electron chi connectivity index (χ0n) is 11.1. The number of nitrogens with one attached hydrogen (secondary N) is 2. The first-order chi connectivity index (χ1) is 9.31. The number of hydrogen-bond acceptors (Lipinski definition) is 2. The van der Waals surface area contributed by atoms with E-state index in [-0.39, 0.29) is 5.91 Å². The molecule has 0 atom stereocenters. The molecule has 1 heterocycles. The molecule has 0 saturated carbocycles. The Kier molecular flexibility index (Phi) is 4.72. The van der Waals surface area contributed by atoms with E-state index in [1.54, 1.807) is 6.21 Å². The molecule has 0 radical (unpaired) electrons. The zero-order chi connectivity index (χ0) is 13.5. The minimum absolute atomic E-state index is 0.0236. The number of hydrogen-bond donors (Lipinski definition) is 2. The standard InChI is InChI=1S/C15H19N3O/c1-2-3-4-9-15(19)18-17-11-12-10-16-14-8-6-5-7-13(12)14/h5-8,10-11,16H,2-4,9H2,1H3,(H,18,19)/b17-11-. The van der Waals surface area contributed by atoms with Crippen molar-refractivity contribution in [2.24, 2.45) is 5.10 Å². The topological polar surface area (TPSA) is 57.2 Å². The van der Waals surface area contributed by atoms with Crippen molar-refractivity contribution in [3.8, 4) is 0 Å². The predicted molar refractivity (Wildman–Crippen MR) is 78.2 cm³/mol. The summed E-state index contributed by atoms with van der Waals surface area (Å²) in [5, 5.41) is 5.10. The van der Waals surface area contributed by atoms with E-state index in [1.165, 1.54) is 0 Å². The van der Waals surface area contributed by atoms with Crippen LogP contribution in [0.25, 0.3) is 10.9 Å². The number of aromatic amines is 1. The quantitative estimate of drug-likeness (QED) is 0.466. The highest BCUT2D eigenvalue weighted by Gasteiger charge is 2.00. The molecule has 4 nitrogen and oxygen atoms in total. The van der Waals surface area contributed by atoms with E-state index in [2.05, 4.69) is 22.4 Å². The Morgan fingerprint density at radius 3 is 3.05 bits per heavy atom. The van der Waals surface area contributed by atoms with Crippen molar-refractivity contribution in [3.63, 3.8) is 0 Å². The molecule has 0 aliphatic heterocycles. The molecular weight excluding hydrogens is 238 g/mol. The van der Waals surface area contributed by atoms with Gasteiger partial charge >= 0.3 is 0 Å². The van der Waals surface area contributed by atoms with Crippen molar-refractivity contribution in [1.29, 1.82) is 0 Å². The average molecular weight is 257 g/mol. The SMILES string of the molecule is CCCCCC(=O)N/N=C\c1c[nH]c2ccccc12. The maximum Gasteiger partial charge on any atom is 0.240 e. The molecule has 0 aliphatic rings. The summed E-state index contributed by atoms with van der Waals surface area (Å²) in [5.41, 5.74) is 4.61. The van der Waals surface area contributed by atoms with Crippen LogP contribution in [0.15, 0.2) is 35.6 Å². The zero-order valence-corrected chi connectivity index (χ0v) is 11.1. The molecule has 1 aromatic heterocycles. The minimum atomic E-state index is -0.0236. The Balaban J connectivity index is 1.90. The van der Waals surface area contributed by atoms with E-state index < -0.39 is 0 Å². The minimum Gasteiger partial charge on any atom is -0.361 e. The van der Waals surface area contributed by atoms with Gasteiger partial charge in [-0.25, -0.2) is 5.43 Å². The molecule has 2 aromatic rings. The van der Waals surface area contributed by atoms with Crippen LogP contribution in [0.2, 0.25) is 0 Å². The fourth-order valence-electron chi connectivity index (χ4n) is 1.97. The van der Waals surface area contributed by atoms with Gasteiger partial charge in [-0.15, -0.1) is 0 Å². The van der Waals surface area contributed by atoms with Crippen LogP contribution in [0.1, 0.15) is 38.2 Å². The Morgan fingerprint density at radius 1 is 1.37 bits per heavy atom. The van der Waals surface area contributed by atoms with Crippen LogP contribution in [-0.2, 0) is 4.79 Å². The first kappa shape index (κ1) is 13.3. The number of rotatable bonds is 6. The number of aromatic nitrogens is 1. The Hall–Kier alpha value is -2.10. The second kappa shape index (κ2) is 6.73. The highest BCUT2D eigenvalue weighted by Crippen LogP contribution is 2.15. The van der Waals surface area contributed by atoms with Gasteiger partial charge in [-0.1, -0.05) is 38.0 Å². The fourth-order valence-corrected chi connectivity index (χ4v) is 1.97. The molecular formula is C15H19N3O. The van der Waals surface area contributed by atoms with Gasteiger partial charge in [0, 0.05) is 29.1 Å². The molecule has 2 rings (SSSR count). The number of nitrogens with zero attached hydrogens (tertiary/aromatic N) is 1. The molecule has 19 heavy (non-hydrogen) atoms. The van der Waals surface area contributed by atoms with Gasteiger partial charge in [0.1, 0.15) is 0 Å². The van der Waals surface area contributed by atoms with Crippen molar-refractivity contribution in [1.82, 2.24) is 10.4 Å². The molecule has 2 N–H and O–H groups in total. The number of carbonyl (C=O) groups is 1. The van der Waals surface area contributed by atoms with Crippen LogP contribution in [0.3, 0.4) is 0 Å². The molecule has 0 fully saturated rings. The summed E-state index contributed by atoms with van der Waals surface area (Å²) >= 11 is 0. The molecule has 0 saturated heterocycles. The maximum absolute atomic E-state index is 11.5. The maximum atomic E-state index is 11.5. The second-order valence-electron chi connectivity index (χ2n) is 4.54. The van der Waals surface area contributed by atoms with Crippen molar-refractivity contribution in [2.75, 3.05) is 0 Å². The summed E-state index contributed by atoms with van der Waals surface area (Å²) in [6, 6.07) is 8.00. The Morgan fingerprint density at radius 2 is 2.21 bits per heavy atom. The summed E-state index contributed by atoms with van der Waals surface area (Å²) in [4.78, 5) is 14.6. The lowest BCUT2D eigenvalue weighted by atomic mass is 10.2. The summed E-state index contributed by atoms with van der Waals surface area (Å²) in [6.45, 7) is 2.12. The average Bonchev–Trinajstić information content (AvgIpc) is 2.83. The third kappa shape index (κ3) is 3.68. The summed E-state index contributed by atoms with van der Waals surface area (Å²) in [7, 11) is 0. The second-order valence-corrected chi connectivity index (χ2v) is 4.54. The van der Waals surface area contributed by atoms with Crippen LogP contribution in [0.4, 0.5) is 0 Å². The number of unbranched alkanes of at least 4 members (excludes halogenated alkanes) is 2. The Bertz CT molecular complexity index is 572. The normalized spacial score (nSPS) is 11.2. The van der Waals surface area contributed by atoms with E-state index >= 15 is 0 Å². The summed E-state index contributed by atoms with van der Waals surface area (Å²) < 4.78 is 0. The molecule has 4 heteroatoms. The van der Waals surface area contributed by atoms with E-state index in [9.17, 15) is 4.79 Å². The van der Waals surface area contributed by atoms with Crippen LogP contribution >= 0.6 is 0 Å². The first-order valence-electron chi connectivity index (χ1n) is 6.69. The van der Waals surface area contributed by atoms with Gasteiger partial charge < -0.3 is 4.98 Å². The fraction of sp³-hybridized carbons (Fsp3) is 0.333. The highest BCUT2D eigenvalue weighted by molar-refractivity contribution is 5.99. The van der Waals surface area contributed by atoms with Crippen molar-refractivity contribution in [2.45, 2.75) is 32.6 Å². The number of benzene rings is 1. The molecule has 100 valence electrons. The summed E-state index contributed by atoms with van der Waals surface area (Å²) in [5.74, 6) is -0.0236. The van der Waals surface area contributed by atoms with Crippen LogP contribution in [0, 0.1) is 0 Å². The number of H-pyrrole nitrogens is 1. The highest BCUT2D eigenvalue weighted by atomic mass is 16.2. The van der Waals surface area contributed by atoms with Gasteiger partial charge in [-0.2, -0.15) is 5.10 Å². The predicted octanol–water partition coefficient (Wildman–Crippen LogP) is 3.20. The monoisotopic (exact) mass is 257 g/mol. The van der Waals surface area contributed by atoms with Gasteiger partial charge in [-0.05, 0) is 12.5 Å². The number of fused-ring (bicyclic) bond motifs is 1. The Labute approximate surface area is 112 Å². The lowest BCUT2D eigenvalue weighted by Crippen LogP contribution is -2.16. The molecule has 0 spiro atoms. The number of carbonyl (C=O) groups excluding carboxylic acids is 1. The lowest BCUT2D eigenvalue weighted by molar-refractivity contribution is -0.121. The van der Waals surface area contributed by atoms with E-state index in [0.717, 1.165) is 35.7 Å². The van der Waals surface area contributed by atoms with E-state index in [4.69, 9.17) is 0 Å². The molecule has 0 bridgehead atoms. The van der Waals surface area contributed by atoms with Gasteiger partial charge in [0.15, 0.2) is 0 Å². The third-order valence-corrected chi connectivity index (χ3v) is 3.02. The van der Waals surface area contributed by atoms with Crippen LogP contribution in [-0.4, -0.2) is 17.1 Å². The van der Waals surface area contributed by atoms with Crippen LogP contribution in [0.5, 0.6) is 0 Å². The van der Waals surface area contributed by atoms with Crippen LogP contribution < -0.4 is 5.43 Å². The van der Waals surface area contributed by atoms with Crippen molar-refractivity contribution in [3.05, 3.63) is 36.0 Å².